The molecule has 2 saturated carbocycles. The zero-order chi connectivity index (χ0) is 96.6. The SMILES string of the molecule is CC[C@@H](C)Nc1cc(C)c(-c2sc(C(=O)N3CCOCC3)nc2C(=O)N2CCC[C@@H]2C)cn1.CC[C@@H](C)Nc1cc(C)c(-c2sc(C(=O)NC3CCOCC3)nc2C(=O)N2CCC[C@@H]2C)cn1.CC[C@@H](C)Nc1cc(C)c(-c2sc(C(=O)N[C@@H]3CC[C@@H](O)C3)nc2C(=O)N2CCC[C@@H]2C)cn1.CC[C@@H](C)Nc1cc(C)c(-c2sc(C(=O)N[C@H]3CC[C@H](O)C3)nc2C(=O)N2CCC[C@@H]2C)cn1. The molecule has 135 heavy (non-hydrogen) atoms. The van der Waals surface area contributed by atoms with Gasteiger partial charge in [0.25, 0.3) is 47.3 Å². The Morgan fingerprint density at radius 1 is 0.363 bits per heavy atom. The lowest BCUT2D eigenvalue weighted by Gasteiger charge is -2.25. The van der Waals surface area contributed by atoms with E-state index in [-0.39, 0.29) is 112 Å². The van der Waals surface area contributed by atoms with Gasteiger partial charge < -0.3 is 81.4 Å². The van der Waals surface area contributed by atoms with Crippen LogP contribution in [0, 0.1) is 27.7 Å². The first-order valence-electron chi connectivity index (χ1n) is 48.7. The molecule has 730 valence electrons. The molecule has 0 aromatic carbocycles. The minimum atomic E-state index is -0.373. The van der Waals surface area contributed by atoms with Crippen LogP contribution >= 0.6 is 45.3 Å². The van der Waals surface area contributed by atoms with Crippen LogP contribution in [0.15, 0.2) is 49.1 Å². The average molecular weight is 1930 g/mol. The first-order valence-corrected chi connectivity index (χ1v) is 52.0. The van der Waals surface area contributed by atoms with Crippen molar-refractivity contribution in [2.75, 3.05) is 87.0 Å². The summed E-state index contributed by atoms with van der Waals surface area (Å²) >= 11 is 5.04. The minimum Gasteiger partial charge on any atom is -0.393 e. The standard InChI is InChI=1S/3C25H35N5O3S.C24H33N5O3S/c1-5-16(3)27-20-13-15(2)19(14-26-20)22-21(25(32)30-10-6-7-17(30)4)29-24(34-22)23(31)28-18-8-11-33-12-9-18;2*1-5-15(3)27-20-11-14(2)19(13-26-20)22-21(25(33)30-10-6-7-16(30)4)29-24(34-22)23(32)28-17-8-9-18(31)12-17;1-5-16(3)26-19-13-15(2)18(14-25-19)21-20(23(30)29-8-6-7-17(29)4)27-22(33-21)24(31)28-9-11-32-12-10-28/h13-14,16-18H,5-12H2,1-4H3,(H,26,27)(H,28,31);2*11,13,15-18,31H,5-10,12H2,1-4H3,(H,26,27)(H,28,32);13-14,16-17H,5-12H2,1-4H3,(H,25,26)/t16-,17+;15-,16+,17+,18+;15-,16+,17-,18-;16-,17+/m1111/s1. The van der Waals surface area contributed by atoms with E-state index in [2.05, 4.69) is 160 Å². The van der Waals surface area contributed by atoms with Gasteiger partial charge in [-0.2, -0.15) is 0 Å². The zero-order valence-corrected chi connectivity index (χ0v) is 84.5. The number of aliphatic hydroxyl groups excluding tert-OH is 2. The largest absolute Gasteiger partial charge is 0.393 e. The second kappa shape index (κ2) is 47.3. The van der Waals surface area contributed by atoms with Crippen LogP contribution in [-0.2, 0) is 9.47 Å². The predicted molar refractivity (Wildman–Crippen MR) is 533 cm³/mol. The number of pyridine rings is 4. The first-order chi connectivity index (χ1) is 64.8. The molecule has 16 rings (SSSR count). The number of aryl methyl sites for hydroxylation is 4. The van der Waals surface area contributed by atoms with Crippen molar-refractivity contribution in [1.29, 1.82) is 0 Å². The highest BCUT2D eigenvalue weighted by atomic mass is 32.1. The highest BCUT2D eigenvalue weighted by Crippen LogP contribution is 2.42. The van der Waals surface area contributed by atoms with Gasteiger partial charge in [0, 0.05) is 166 Å². The lowest BCUT2D eigenvalue weighted by atomic mass is 10.1. The minimum absolute atomic E-state index is 0.0677. The fraction of sp³-hybridized carbons (Fsp3) is 0.596. The Bertz CT molecular complexity index is 5100. The number of hydrogen-bond acceptors (Lipinski definition) is 28. The summed E-state index contributed by atoms with van der Waals surface area (Å²) in [5, 5.41) is 43.4. The number of anilines is 4. The Hall–Kier alpha value is -10.1. The van der Waals surface area contributed by atoms with Gasteiger partial charge in [0.2, 0.25) is 0 Å². The average Bonchev–Trinajstić information content (AvgIpc) is 1.68. The van der Waals surface area contributed by atoms with Crippen LogP contribution in [0.5, 0.6) is 0 Å². The smallest absolute Gasteiger partial charge is 0.283 e. The number of thiazole rings is 4. The monoisotopic (exact) mass is 1930 g/mol. The molecule has 0 spiro atoms. The van der Waals surface area contributed by atoms with Crippen molar-refractivity contribution in [3.05, 3.63) is 114 Å². The Morgan fingerprint density at radius 2 is 0.630 bits per heavy atom. The molecule has 0 unspecified atom stereocenters. The number of aliphatic hydroxyl groups is 2. The van der Waals surface area contributed by atoms with E-state index in [1.165, 1.54) is 45.3 Å². The maximum Gasteiger partial charge on any atom is 0.283 e. The van der Waals surface area contributed by atoms with Gasteiger partial charge in [-0.25, -0.2) is 39.9 Å². The maximum atomic E-state index is 13.5. The molecule has 8 aromatic heterocycles. The number of carbonyl (C=O) groups excluding carboxylic acids is 8. The van der Waals surface area contributed by atoms with Crippen LogP contribution in [-0.4, -0.2) is 266 Å². The lowest BCUT2D eigenvalue weighted by Crippen LogP contribution is -2.40. The highest BCUT2D eigenvalue weighted by molar-refractivity contribution is 7.18. The summed E-state index contributed by atoms with van der Waals surface area (Å²) in [6.45, 7) is 39.4. The molecule has 0 radical (unpaired) electrons. The molecule has 6 saturated heterocycles. The number of aromatic nitrogens is 8. The van der Waals surface area contributed by atoms with E-state index in [9.17, 15) is 48.6 Å². The predicted octanol–water partition coefficient (Wildman–Crippen LogP) is 16.1. The van der Waals surface area contributed by atoms with Crippen LogP contribution in [0.2, 0.25) is 0 Å². The molecule has 8 aliphatic rings. The molecule has 32 nitrogen and oxygen atoms in total. The van der Waals surface area contributed by atoms with Crippen LogP contribution in [0.4, 0.5) is 23.3 Å². The Labute approximate surface area is 809 Å². The van der Waals surface area contributed by atoms with E-state index < -0.39 is 0 Å². The van der Waals surface area contributed by atoms with Crippen LogP contribution in [0.1, 0.15) is 315 Å². The summed E-state index contributed by atoms with van der Waals surface area (Å²) in [4.78, 5) is 155. The van der Waals surface area contributed by atoms with Crippen molar-refractivity contribution >= 4 is 116 Å². The van der Waals surface area contributed by atoms with Gasteiger partial charge in [-0.05, 0) is 258 Å². The third kappa shape index (κ3) is 25.7. The second-order valence-corrected chi connectivity index (χ2v) is 41.6. The molecule has 2 aliphatic carbocycles. The van der Waals surface area contributed by atoms with Gasteiger partial charge >= 0.3 is 0 Å². The molecular formula is C99H138N20O12S4. The van der Waals surface area contributed by atoms with Crippen molar-refractivity contribution in [1.82, 2.24) is 80.3 Å². The number of ether oxygens (including phenoxy) is 2. The zero-order valence-electron chi connectivity index (χ0n) is 81.3. The third-order valence-electron chi connectivity index (χ3n) is 27.1. The van der Waals surface area contributed by atoms with Gasteiger partial charge in [-0.3, -0.25) is 38.4 Å². The number of rotatable bonds is 27. The topological polar surface area (TPSA) is 399 Å². The van der Waals surface area contributed by atoms with Gasteiger partial charge in [0.05, 0.1) is 44.9 Å². The summed E-state index contributed by atoms with van der Waals surface area (Å²) in [7, 11) is 0. The molecule has 8 fully saturated rings. The van der Waals surface area contributed by atoms with Crippen LogP contribution < -0.4 is 37.2 Å². The van der Waals surface area contributed by atoms with Gasteiger partial charge in [-0.15, -0.1) is 45.3 Å². The molecule has 14 heterocycles. The molecular weight excluding hydrogens is 1790 g/mol. The molecule has 9 N–H and O–H groups in total. The number of amides is 8. The molecule has 8 amide bonds. The summed E-state index contributed by atoms with van der Waals surface area (Å²) in [5.41, 5.74) is 8.60. The van der Waals surface area contributed by atoms with Crippen molar-refractivity contribution in [3.8, 4) is 41.8 Å². The Balaban J connectivity index is 0.000000152. The van der Waals surface area contributed by atoms with E-state index in [1.807, 2.05) is 71.6 Å². The summed E-state index contributed by atoms with van der Waals surface area (Å²) in [6, 6.07) is 9.78. The summed E-state index contributed by atoms with van der Waals surface area (Å²) in [5.74, 6) is 1.76. The van der Waals surface area contributed by atoms with Crippen molar-refractivity contribution < 1.29 is 58.0 Å². The van der Waals surface area contributed by atoms with Crippen molar-refractivity contribution in [2.45, 2.75) is 318 Å². The molecule has 36 heteroatoms. The normalized spacial score (nSPS) is 21.5. The summed E-state index contributed by atoms with van der Waals surface area (Å²) in [6.07, 6.45) is 23.7. The molecule has 6 aliphatic heterocycles. The number of nitrogens with one attached hydrogen (secondary N) is 7. The lowest BCUT2D eigenvalue weighted by molar-refractivity contribution is 0.0302. The molecule has 8 aromatic rings. The third-order valence-corrected chi connectivity index (χ3v) is 31.5. The van der Waals surface area contributed by atoms with Gasteiger partial charge in [0.1, 0.15) is 46.0 Å². The van der Waals surface area contributed by atoms with Crippen molar-refractivity contribution in [3.63, 3.8) is 0 Å². The van der Waals surface area contributed by atoms with E-state index in [1.54, 1.807) is 29.7 Å². The number of likely N-dealkylation sites (tertiary alicyclic amines) is 4. The first kappa shape index (κ1) is 102. The number of hydrogen-bond donors (Lipinski definition) is 9. The van der Waals surface area contributed by atoms with E-state index in [0.717, 1.165) is 188 Å². The van der Waals surface area contributed by atoms with Crippen LogP contribution in [0.25, 0.3) is 41.8 Å². The fourth-order valence-corrected chi connectivity index (χ4v) is 22.2. The van der Waals surface area contributed by atoms with Crippen molar-refractivity contribution in [2.24, 2.45) is 0 Å². The second-order valence-electron chi connectivity index (χ2n) is 37.6. The Kier molecular flexibility index (Phi) is 35.9. The highest BCUT2D eigenvalue weighted by Gasteiger charge is 2.40. The number of nitrogens with zero attached hydrogens (tertiary/aromatic N) is 13. The quantitative estimate of drug-likeness (QED) is 0.0231. The molecule has 12 atom stereocenters. The van der Waals surface area contributed by atoms with E-state index in [4.69, 9.17) is 9.47 Å². The van der Waals surface area contributed by atoms with E-state index >= 15 is 0 Å². The van der Waals surface area contributed by atoms with Crippen LogP contribution in [0.3, 0.4) is 0 Å². The van der Waals surface area contributed by atoms with Gasteiger partial charge in [0.15, 0.2) is 20.0 Å². The fourth-order valence-electron chi connectivity index (χ4n) is 18.0. The Morgan fingerprint density at radius 3 is 0.881 bits per heavy atom. The van der Waals surface area contributed by atoms with Gasteiger partial charge in [-0.1, -0.05) is 27.7 Å². The van der Waals surface area contributed by atoms with E-state index in [0.29, 0.717) is 150 Å². The number of carbonyl (C=O) groups is 8. The maximum absolute atomic E-state index is 13.5. The summed E-state index contributed by atoms with van der Waals surface area (Å²) < 4.78 is 10.8. The number of morpholine rings is 1. The molecule has 0 bridgehead atoms.